The lowest BCUT2D eigenvalue weighted by atomic mass is 9.84. The molecule has 0 bridgehead atoms. The normalized spacial score (nSPS) is 14.5. The molecule has 0 saturated heterocycles. The van der Waals surface area contributed by atoms with E-state index in [1.807, 2.05) is 0 Å². The summed E-state index contributed by atoms with van der Waals surface area (Å²) in [5.74, 6) is 0.410. The summed E-state index contributed by atoms with van der Waals surface area (Å²) < 4.78 is 29.5. The molecule has 0 amide bonds. The SMILES string of the molecule is C=C(CCc1ccc(C)c(NC(=C)Cc2cccc(C(C)(C)F)c2F)c1CCC)CCC1CCCCC1. The van der Waals surface area contributed by atoms with Crippen molar-refractivity contribution in [2.45, 2.75) is 110 Å². The molecule has 1 N–H and O–H groups in total. The molecule has 3 heteroatoms. The summed E-state index contributed by atoms with van der Waals surface area (Å²) in [5.41, 5.74) is 5.81. The number of hydrogen-bond donors (Lipinski definition) is 1. The number of hydrogen-bond acceptors (Lipinski definition) is 1. The molecule has 0 unspecified atom stereocenters. The van der Waals surface area contributed by atoms with E-state index in [2.05, 4.69) is 44.5 Å². The Kier molecular flexibility index (Phi) is 10.6. The van der Waals surface area contributed by atoms with Crippen LogP contribution in [-0.2, 0) is 24.9 Å². The van der Waals surface area contributed by atoms with Crippen LogP contribution < -0.4 is 5.32 Å². The monoisotopic (exact) mass is 507 g/mol. The number of alkyl halides is 1. The van der Waals surface area contributed by atoms with Gasteiger partial charge in [-0.05, 0) is 81.0 Å². The Morgan fingerprint density at radius 2 is 1.73 bits per heavy atom. The molecular formula is C34H47F2N. The summed E-state index contributed by atoms with van der Waals surface area (Å²) in [6, 6.07) is 9.38. The van der Waals surface area contributed by atoms with Gasteiger partial charge in [0, 0.05) is 23.4 Å². The van der Waals surface area contributed by atoms with Crippen LogP contribution in [0.15, 0.2) is 54.8 Å². The lowest BCUT2D eigenvalue weighted by Crippen LogP contribution is -2.14. The van der Waals surface area contributed by atoms with E-state index in [1.165, 1.54) is 75.1 Å². The zero-order valence-corrected chi connectivity index (χ0v) is 23.6. The van der Waals surface area contributed by atoms with Crippen molar-refractivity contribution in [3.63, 3.8) is 0 Å². The fourth-order valence-corrected chi connectivity index (χ4v) is 5.70. The number of anilines is 1. The van der Waals surface area contributed by atoms with Crippen LogP contribution in [-0.4, -0.2) is 0 Å². The van der Waals surface area contributed by atoms with Crippen LogP contribution in [0, 0.1) is 18.7 Å². The van der Waals surface area contributed by atoms with Gasteiger partial charge in [-0.1, -0.05) is 94.5 Å². The van der Waals surface area contributed by atoms with Crippen molar-refractivity contribution in [1.29, 1.82) is 0 Å². The van der Waals surface area contributed by atoms with E-state index in [1.54, 1.807) is 12.1 Å². The zero-order chi connectivity index (χ0) is 27.0. The Hall–Kier alpha value is -2.42. The largest absolute Gasteiger partial charge is 0.359 e. The third kappa shape index (κ3) is 8.28. The Bertz CT molecular complexity index is 1070. The topological polar surface area (TPSA) is 12.0 Å². The summed E-state index contributed by atoms with van der Waals surface area (Å²) in [7, 11) is 0. The van der Waals surface area contributed by atoms with E-state index in [-0.39, 0.29) is 5.56 Å². The number of rotatable bonds is 13. The minimum Gasteiger partial charge on any atom is -0.359 e. The smallest absolute Gasteiger partial charge is 0.133 e. The number of allylic oxidation sites excluding steroid dienone is 2. The highest BCUT2D eigenvalue weighted by atomic mass is 19.1. The van der Waals surface area contributed by atoms with Crippen LogP contribution in [0.1, 0.15) is 106 Å². The second-order valence-corrected chi connectivity index (χ2v) is 11.6. The summed E-state index contributed by atoms with van der Waals surface area (Å²) in [6.45, 7) is 15.7. The Labute approximate surface area is 224 Å². The average molecular weight is 508 g/mol. The highest BCUT2D eigenvalue weighted by molar-refractivity contribution is 5.63. The molecule has 2 aromatic carbocycles. The Morgan fingerprint density at radius 3 is 2.41 bits per heavy atom. The predicted octanol–water partition coefficient (Wildman–Crippen LogP) is 10.3. The molecule has 202 valence electrons. The van der Waals surface area contributed by atoms with Gasteiger partial charge in [0.2, 0.25) is 0 Å². The zero-order valence-electron chi connectivity index (χ0n) is 23.6. The summed E-state index contributed by atoms with van der Waals surface area (Å²) in [6.07, 6.45) is 13.8. The number of benzene rings is 2. The van der Waals surface area contributed by atoms with E-state index in [9.17, 15) is 4.39 Å². The van der Waals surface area contributed by atoms with Crippen molar-refractivity contribution in [3.8, 4) is 0 Å². The highest BCUT2D eigenvalue weighted by Crippen LogP contribution is 2.33. The molecular weight excluding hydrogens is 460 g/mol. The van der Waals surface area contributed by atoms with Crippen molar-refractivity contribution in [1.82, 2.24) is 0 Å². The molecule has 0 aliphatic heterocycles. The number of nitrogens with one attached hydrogen (secondary N) is 1. The maximum absolute atomic E-state index is 15.1. The standard InChI is InChI=1S/C34H47F2N/c1-7-12-30-28(21-18-24(2)17-20-27-13-9-8-10-14-27)22-19-25(3)33(30)37-26(4)23-29-15-11-16-31(32(29)35)34(5,6)36/h11,15-16,19,22,27,37H,2,4,7-10,12-14,17-18,20-21,23H2,1,3,5-6H3. The van der Waals surface area contributed by atoms with Gasteiger partial charge in [0.05, 0.1) is 0 Å². The molecule has 1 saturated carbocycles. The Balaban J connectivity index is 1.69. The highest BCUT2D eigenvalue weighted by Gasteiger charge is 2.24. The minimum atomic E-state index is -1.73. The fourth-order valence-electron chi connectivity index (χ4n) is 5.70. The molecule has 1 aliphatic carbocycles. The van der Waals surface area contributed by atoms with Crippen LogP contribution >= 0.6 is 0 Å². The van der Waals surface area contributed by atoms with Crippen LogP contribution in [0.5, 0.6) is 0 Å². The molecule has 0 heterocycles. The molecule has 0 aromatic heterocycles. The van der Waals surface area contributed by atoms with Gasteiger partial charge in [-0.25, -0.2) is 8.78 Å². The maximum atomic E-state index is 15.1. The van der Waals surface area contributed by atoms with Crippen LogP contribution in [0.2, 0.25) is 0 Å². The fraction of sp³-hybridized carbons (Fsp3) is 0.529. The summed E-state index contributed by atoms with van der Waals surface area (Å²) >= 11 is 0. The lowest BCUT2D eigenvalue weighted by Gasteiger charge is -2.22. The van der Waals surface area contributed by atoms with E-state index in [0.717, 1.165) is 49.3 Å². The summed E-state index contributed by atoms with van der Waals surface area (Å²) in [5, 5.41) is 3.52. The molecule has 37 heavy (non-hydrogen) atoms. The van der Waals surface area contributed by atoms with Gasteiger partial charge in [-0.2, -0.15) is 0 Å². The first-order valence-electron chi connectivity index (χ1n) is 14.3. The van der Waals surface area contributed by atoms with E-state index in [4.69, 9.17) is 0 Å². The van der Waals surface area contributed by atoms with Gasteiger partial charge in [0.25, 0.3) is 0 Å². The van der Waals surface area contributed by atoms with Gasteiger partial charge in [-0.15, -0.1) is 0 Å². The first kappa shape index (κ1) is 29.1. The number of halogens is 2. The average Bonchev–Trinajstić information content (AvgIpc) is 2.85. The quantitative estimate of drug-likeness (QED) is 0.266. The number of aryl methyl sites for hydroxylation is 2. The van der Waals surface area contributed by atoms with Crippen molar-refractivity contribution in [3.05, 3.63) is 88.4 Å². The molecule has 1 nitrogen and oxygen atoms in total. The van der Waals surface area contributed by atoms with Crippen LogP contribution in [0.3, 0.4) is 0 Å². The Morgan fingerprint density at radius 1 is 1.00 bits per heavy atom. The molecule has 1 fully saturated rings. The molecule has 1 aliphatic rings. The molecule has 0 spiro atoms. The van der Waals surface area contributed by atoms with Crippen molar-refractivity contribution in [2.75, 3.05) is 5.32 Å². The van der Waals surface area contributed by atoms with Gasteiger partial charge in [-0.3, -0.25) is 0 Å². The maximum Gasteiger partial charge on any atom is 0.133 e. The minimum absolute atomic E-state index is 0.0892. The molecule has 2 aromatic rings. The van der Waals surface area contributed by atoms with Crippen molar-refractivity contribution >= 4 is 5.69 Å². The van der Waals surface area contributed by atoms with E-state index in [0.29, 0.717) is 17.7 Å². The first-order chi connectivity index (χ1) is 17.6. The second kappa shape index (κ2) is 13.4. The van der Waals surface area contributed by atoms with Gasteiger partial charge >= 0.3 is 0 Å². The molecule has 0 atom stereocenters. The third-order valence-electron chi connectivity index (χ3n) is 7.92. The lowest BCUT2D eigenvalue weighted by molar-refractivity contribution is 0.213. The van der Waals surface area contributed by atoms with Gasteiger partial charge in [0.1, 0.15) is 11.5 Å². The molecule has 3 rings (SSSR count). The second-order valence-electron chi connectivity index (χ2n) is 11.6. The van der Waals surface area contributed by atoms with Crippen LogP contribution in [0.4, 0.5) is 14.5 Å². The van der Waals surface area contributed by atoms with Crippen molar-refractivity contribution < 1.29 is 8.78 Å². The van der Waals surface area contributed by atoms with Crippen molar-refractivity contribution in [2.24, 2.45) is 5.92 Å². The van der Waals surface area contributed by atoms with Gasteiger partial charge < -0.3 is 5.32 Å². The van der Waals surface area contributed by atoms with Gasteiger partial charge in [0.15, 0.2) is 0 Å². The van der Waals surface area contributed by atoms with E-state index >= 15 is 4.39 Å². The van der Waals surface area contributed by atoms with E-state index < -0.39 is 11.5 Å². The molecule has 0 radical (unpaired) electrons. The summed E-state index contributed by atoms with van der Waals surface area (Å²) in [4.78, 5) is 0. The van der Waals surface area contributed by atoms with Crippen LogP contribution in [0.25, 0.3) is 0 Å². The third-order valence-corrected chi connectivity index (χ3v) is 7.92. The first-order valence-corrected chi connectivity index (χ1v) is 14.3. The predicted molar refractivity (Wildman–Crippen MR) is 155 cm³/mol.